The van der Waals surface area contributed by atoms with Gasteiger partial charge in [-0.3, -0.25) is 0 Å². The average Bonchev–Trinajstić information content (AvgIpc) is 3.76. The van der Waals surface area contributed by atoms with Gasteiger partial charge in [-0.15, -0.1) is 0 Å². The fraction of sp³-hybridized carbons (Fsp3) is 0.0833. The molecule has 0 aromatic heterocycles. The highest BCUT2D eigenvalue weighted by Gasteiger charge is 2.39. The standard InChI is InChI=1S/C48H34/c1-28-16-22-31(23-17-28)40-34-10-4-7-13-37(34)43-46(40)44-38-14-8-5-11-35(38)41(32-24-18-29(2)19-25-32)48(44)45-39-15-9-6-12-36(39)42(47(43)45)33-26-20-30(3)21-27-33/h4-27,40H,1-3H3/t40-/m0/s1. The molecule has 226 valence electrons. The van der Waals surface area contributed by atoms with E-state index in [0.717, 1.165) is 0 Å². The van der Waals surface area contributed by atoms with Crippen LogP contribution in [-0.4, -0.2) is 0 Å². The number of rotatable bonds is 3. The molecule has 0 N–H and O–H groups in total. The normalized spacial score (nSPS) is 14.7. The number of fused-ring (bicyclic) bond motifs is 11. The summed E-state index contributed by atoms with van der Waals surface area (Å²) in [4.78, 5) is 0. The Morgan fingerprint density at radius 3 is 1.56 bits per heavy atom. The third-order valence-electron chi connectivity index (χ3n) is 10.9. The van der Waals surface area contributed by atoms with Crippen LogP contribution in [0.25, 0.3) is 33.4 Å². The second kappa shape index (κ2) is 10.1. The molecule has 0 fully saturated rings. The van der Waals surface area contributed by atoms with Crippen molar-refractivity contribution >= 4 is 11.1 Å². The summed E-state index contributed by atoms with van der Waals surface area (Å²) in [7, 11) is 0. The van der Waals surface area contributed by atoms with Crippen LogP contribution in [0.4, 0.5) is 0 Å². The van der Waals surface area contributed by atoms with Gasteiger partial charge in [-0.05, 0) is 114 Å². The van der Waals surface area contributed by atoms with Gasteiger partial charge >= 0.3 is 0 Å². The fourth-order valence-corrected chi connectivity index (χ4v) is 8.77. The minimum atomic E-state index is 0.129. The average molecular weight is 611 g/mol. The molecule has 0 saturated carbocycles. The maximum Gasteiger partial charge on any atom is 0.0358 e. The summed E-state index contributed by atoms with van der Waals surface area (Å²) in [5.41, 5.74) is 21.4. The molecule has 0 unspecified atom stereocenters. The minimum Gasteiger partial charge on any atom is -0.0619 e. The molecular weight excluding hydrogens is 577 g/mol. The summed E-state index contributed by atoms with van der Waals surface area (Å²) in [6, 6.07) is 55.1. The predicted octanol–water partition coefficient (Wildman–Crippen LogP) is 9.85. The van der Waals surface area contributed by atoms with E-state index < -0.39 is 0 Å². The Morgan fingerprint density at radius 1 is 0.375 bits per heavy atom. The summed E-state index contributed by atoms with van der Waals surface area (Å²) in [5.74, 6) is 0.129. The Morgan fingerprint density at radius 2 is 0.896 bits per heavy atom. The van der Waals surface area contributed by atoms with Crippen molar-refractivity contribution in [1.29, 1.82) is 0 Å². The maximum atomic E-state index is 2.37. The van der Waals surface area contributed by atoms with Gasteiger partial charge in [0.2, 0.25) is 0 Å². The Kier molecular flexibility index (Phi) is 5.79. The Hall–Kier alpha value is -5.72. The Balaban J connectivity index is 1.50. The number of aryl methyl sites for hydroxylation is 3. The molecule has 0 heterocycles. The predicted molar refractivity (Wildman–Crippen MR) is 198 cm³/mol. The van der Waals surface area contributed by atoms with Gasteiger partial charge in [0.05, 0.1) is 0 Å². The van der Waals surface area contributed by atoms with Crippen LogP contribution in [-0.2, 0) is 0 Å². The summed E-state index contributed by atoms with van der Waals surface area (Å²) < 4.78 is 0. The number of hydrogen-bond acceptors (Lipinski definition) is 0. The molecule has 7 aromatic rings. The van der Waals surface area contributed by atoms with Crippen LogP contribution in [0, 0.1) is 31.2 Å². The zero-order chi connectivity index (χ0) is 32.1. The van der Waals surface area contributed by atoms with E-state index in [1.165, 1.54) is 110 Å². The highest BCUT2D eigenvalue weighted by molar-refractivity contribution is 6.06. The highest BCUT2D eigenvalue weighted by Crippen LogP contribution is 2.53. The first kappa shape index (κ1) is 27.4. The molecule has 10 rings (SSSR count). The monoisotopic (exact) mass is 610 g/mol. The van der Waals surface area contributed by atoms with Crippen LogP contribution < -0.4 is 10.4 Å². The van der Waals surface area contributed by atoms with Crippen LogP contribution in [0.5, 0.6) is 0 Å². The summed E-state index contributed by atoms with van der Waals surface area (Å²) >= 11 is 0. The van der Waals surface area contributed by atoms with Crippen molar-refractivity contribution in [1.82, 2.24) is 0 Å². The van der Waals surface area contributed by atoms with Crippen LogP contribution >= 0.6 is 0 Å². The zero-order valence-electron chi connectivity index (χ0n) is 27.4. The molecule has 3 aliphatic rings. The zero-order valence-corrected chi connectivity index (χ0v) is 27.4. The van der Waals surface area contributed by atoms with Gasteiger partial charge in [-0.1, -0.05) is 162 Å². The van der Waals surface area contributed by atoms with Gasteiger partial charge in [0.1, 0.15) is 0 Å². The topological polar surface area (TPSA) is 0 Å². The maximum absolute atomic E-state index is 2.37. The third kappa shape index (κ3) is 3.72. The van der Waals surface area contributed by atoms with Gasteiger partial charge in [0.25, 0.3) is 0 Å². The first-order valence-corrected chi connectivity index (χ1v) is 17.1. The first-order chi connectivity index (χ1) is 23.6. The lowest BCUT2D eigenvalue weighted by Crippen LogP contribution is -2.16. The lowest BCUT2D eigenvalue weighted by molar-refractivity contribution is 1.00. The van der Waals surface area contributed by atoms with E-state index in [9.17, 15) is 0 Å². The van der Waals surface area contributed by atoms with Crippen molar-refractivity contribution in [2.24, 2.45) is 0 Å². The quantitative estimate of drug-likeness (QED) is 0.187. The van der Waals surface area contributed by atoms with E-state index in [4.69, 9.17) is 0 Å². The van der Waals surface area contributed by atoms with Gasteiger partial charge in [0.15, 0.2) is 0 Å². The molecule has 0 spiro atoms. The molecular formula is C48H34. The third-order valence-corrected chi connectivity index (χ3v) is 10.9. The highest BCUT2D eigenvalue weighted by atomic mass is 14.4. The summed E-state index contributed by atoms with van der Waals surface area (Å²) in [5, 5.41) is 5.45. The minimum absolute atomic E-state index is 0.129. The van der Waals surface area contributed by atoms with E-state index in [1.54, 1.807) is 0 Å². The molecule has 7 aromatic carbocycles. The smallest absolute Gasteiger partial charge is 0.0358 e. The number of hydrogen-bond donors (Lipinski definition) is 0. The molecule has 48 heavy (non-hydrogen) atoms. The van der Waals surface area contributed by atoms with E-state index in [-0.39, 0.29) is 5.92 Å². The fourth-order valence-electron chi connectivity index (χ4n) is 8.77. The molecule has 0 heteroatoms. The van der Waals surface area contributed by atoms with Gasteiger partial charge < -0.3 is 0 Å². The molecule has 0 bridgehead atoms. The molecule has 0 radical (unpaired) electrons. The van der Waals surface area contributed by atoms with Gasteiger partial charge in [0, 0.05) is 5.92 Å². The second-order valence-corrected chi connectivity index (χ2v) is 13.8. The van der Waals surface area contributed by atoms with Crippen LogP contribution in [0.3, 0.4) is 0 Å². The van der Waals surface area contributed by atoms with Crippen molar-refractivity contribution < 1.29 is 0 Å². The summed E-state index contributed by atoms with van der Waals surface area (Å²) in [6.07, 6.45) is 0. The van der Waals surface area contributed by atoms with E-state index >= 15 is 0 Å². The molecule has 3 aliphatic carbocycles. The van der Waals surface area contributed by atoms with Crippen molar-refractivity contribution in [3.05, 3.63) is 222 Å². The molecule has 0 amide bonds. The first-order valence-electron chi connectivity index (χ1n) is 17.1. The van der Waals surface area contributed by atoms with Crippen molar-refractivity contribution in [3.8, 4) is 22.3 Å². The van der Waals surface area contributed by atoms with E-state index in [0.29, 0.717) is 0 Å². The van der Waals surface area contributed by atoms with Crippen LogP contribution in [0.1, 0.15) is 61.6 Å². The van der Waals surface area contributed by atoms with E-state index in [1.807, 2.05) is 0 Å². The van der Waals surface area contributed by atoms with Crippen LogP contribution in [0.15, 0.2) is 146 Å². The Labute approximate surface area is 281 Å². The van der Waals surface area contributed by atoms with Crippen molar-refractivity contribution in [2.75, 3.05) is 0 Å². The summed E-state index contributed by atoms with van der Waals surface area (Å²) in [6.45, 7) is 6.54. The van der Waals surface area contributed by atoms with Gasteiger partial charge in [-0.2, -0.15) is 0 Å². The SMILES string of the molecule is Cc1ccc(C2=c3c(c4c(c5c3-c3ccccc3[C@@H]5c3ccc(C)cc3)=c3ccccc3=C4c3ccc(C)cc3)-c3ccccc32)cc1. The molecule has 0 saturated heterocycles. The molecule has 0 nitrogen and oxygen atoms in total. The Bertz CT molecular complexity index is 2710. The largest absolute Gasteiger partial charge is 0.0619 e. The van der Waals surface area contributed by atoms with Gasteiger partial charge in [-0.25, -0.2) is 0 Å². The van der Waals surface area contributed by atoms with E-state index in [2.05, 4.69) is 166 Å². The second-order valence-electron chi connectivity index (χ2n) is 13.8. The molecule has 1 atom stereocenters. The number of benzene rings is 7. The van der Waals surface area contributed by atoms with Crippen molar-refractivity contribution in [3.63, 3.8) is 0 Å². The lowest BCUT2D eigenvalue weighted by Gasteiger charge is -2.19. The molecule has 0 aliphatic heterocycles. The van der Waals surface area contributed by atoms with Crippen molar-refractivity contribution in [2.45, 2.75) is 26.7 Å². The lowest BCUT2D eigenvalue weighted by atomic mass is 9.83. The van der Waals surface area contributed by atoms with Crippen LogP contribution in [0.2, 0.25) is 0 Å².